The molecule has 0 unspecified atom stereocenters. The summed E-state index contributed by atoms with van der Waals surface area (Å²) in [7, 11) is 1.43. The van der Waals surface area contributed by atoms with Gasteiger partial charge in [0.25, 0.3) is 0 Å². The first kappa shape index (κ1) is 9.00. The molecule has 0 radical (unpaired) electrons. The van der Waals surface area contributed by atoms with Crippen molar-refractivity contribution in [1.29, 1.82) is 0 Å². The molecular formula is C9H12FNO. The van der Waals surface area contributed by atoms with E-state index in [4.69, 9.17) is 10.5 Å². The molecule has 0 saturated carbocycles. The van der Waals surface area contributed by atoms with E-state index in [1.54, 1.807) is 25.1 Å². The molecule has 0 fully saturated rings. The average molecular weight is 169 g/mol. The summed E-state index contributed by atoms with van der Waals surface area (Å²) in [6, 6.07) is 4.64. The minimum Gasteiger partial charge on any atom is -0.494 e. The van der Waals surface area contributed by atoms with Gasteiger partial charge in [0.15, 0.2) is 11.6 Å². The van der Waals surface area contributed by atoms with Gasteiger partial charge in [0, 0.05) is 11.6 Å². The molecule has 0 spiro atoms. The van der Waals surface area contributed by atoms with E-state index in [2.05, 4.69) is 0 Å². The molecule has 0 aliphatic carbocycles. The van der Waals surface area contributed by atoms with Crippen LogP contribution in [0.25, 0.3) is 0 Å². The molecule has 12 heavy (non-hydrogen) atoms. The van der Waals surface area contributed by atoms with Crippen LogP contribution in [0.1, 0.15) is 18.5 Å². The molecule has 66 valence electrons. The first-order valence-corrected chi connectivity index (χ1v) is 3.74. The fourth-order valence-corrected chi connectivity index (χ4v) is 1.04. The average Bonchev–Trinajstić information content (AvgIpc) is 2.04. The Morgan fingerprint density at radius 1 is 1.50 bits per heavy atom. The molecule has 1 rings (SSSR count). The highest BCUT2D eigenvalue weighted by atomic mass is 19.1. The molecule has 2 nitrogen and oxygen atoms in total. The summed E-state index contributed by atoms with van der Waals surface area (Å²) in [5, 5.41) is 0. The Hall–Kier alpha value is -1.09. The maximum Gasteiger partial charge on any atom is 0.169 e. The second-order valence-electron chi connectivity index (χ2n) is 2.65. The van der Waals surface area contributed by atoms with Crippen molar-refractivity contribution < 1.29 is 9.13 Å². The minimum absolute atomic E-state index is 0.241. The molecule has 0 aliphatic heterocycles. The maximum absolute atomic E-state index is 13.3. The van der Waals surface area contributed by atoms with Crippen molar-refractivity contribution in [3.8, 4) is 5.75 Å². The van der Waals surface area contributed by atoms with Crippen LogP contribution in [0.5, 0.6) is 5.75 Å². The van der Waals surface area contributed by atoms with Crippen molar-refractivity contribution in [2.45, 2.75) is 13.0 Å². The van der Waals surface area contributed by atoms with Gasteiger partial charge in [-0.25, -0.2) is 4.39 Å². The van der Waals surface area contributed by atoms with E-state index in [0.29, 0.717) is 5.56 Å². The zero-order valence-corrected chi connectivity index (χ0v) is 7.17. The molecule has 0 bridgehead atoms. The number of hydrogen-bond acceptors (Lipinski definition) is 2. The van der Waals surface area contributed by atoms with E-state index in [-0.39, 0.29) is 17.6 Å². The Bertz CT molecular complexity index is 273. The fourth-order valence-electron chi connectivity index (χ4n) is 1.04. The van der Waals surface area contributed by atoms with Crippen molar-refractivity contribution in [3.05, 3.63) is 29.6 Å². The lowest BCUT2D eigenvalue weighted by Crippen LogP contribution is -2.07. The van der Waals surface area contributed by atoms with Crippen LogP contribution in [0, 0.1) is 5.82 Å². The number of ether oxygens (including phenoxy) is 1. The number of methoxy groups -OCH3 is 1. The molecule has 0 saturated heterocycles. The topological polar surface area (TPSA) is 35.2 Å². The molecule has 0 heterocycles. The number of benzene rings is 1. The number of nitrogens with two attached hydrogens (primary N) is 1. The van der Waals surface area contributed by atoms with Crippen LogP contribution in [0.4, 0.5) is 4.39 Å². The lowest BCUT2D eigenvalue weighted by molar-refractivity contribution is 0.383. The van der Waals surface area contributed by atoms with Crippen molar-refractivity contribution in [1.82, 2.24) is 0 Å². The van der Waals surface area contributed by atoms with Crippen LogP contribution < -0.4 is 10.5 Å². The predicted molar refractivity (Wildman–Crippen MR) is 45.6 cm³/mol. The van der Waals surface area contributed by atoms with E-state index in [1.165, 1.54) is 7.11 Å². The second-order valence-corrected chi connectivity index (χ2v) is 2.65. The molecular weight excluding hydrogens is 157 g/mol. The quantitative estimate of drug-likeness (QED) is 0.733. The van der Waals surface area contributed by atoms with Crippen molar-refractivity contribution in [2.24, 2.45) is 5.73 Å². The molecule has 1 aromatic rings. The highest BCUT2D eigenvalue weighted by molar-refractivity contribution is 5.32. The molecule has 0 aliphatic rings. The zero-order valence-electron chi connectivity index (χ0n) is 7.17. The van der Waals surface area contributed by atoms with E-state index < -0.39 is 0 Å². The van der Waals surface area contributed by atoms with Crippen LogP contribution in [-0.2, 0) is 0 Å². The molecule has 1 atom stereocenters. The maximum atomic E-state index is 13.3. The summed E-state index contributed by atoms with van der Waals surface area (Å²) < 4.78 is 18.1. The van der Waals surface area contributed by atoms with Gasteiger partial charge in [-0.1, -0.05) is 12.1 Å². The summed E-state index contributed by atoms with van der Waals surface area (Å²) in [5.41, 5.74) is 6.02. The summed E-state index contributed by atoms with van der Waals surface area (Å²) in [5.74, 6) is -0.125. The van der Waals surface area contributed by atoms with Gasteiger partial charge in [-0.3, -0.25) is 0 Å². The third-order valence-corrected chi connectivity index (χ3v) is 1.70. The Morgan fingerprint density at radius 3 is 2.67 bits per heavy atom. The van der Waals surface area contributed by atoms with Gasteiger partial charge >= 0.3 is 0 Å². The van der Waals surface area contributed by atoms with E-state index in [1.807, 2.05) is 0 Å². The molecule has 1 aromatic carbocycles. The highest BCUT2D eigenvalue weighted by Crippen LogP contribution is 2.23. The first-order chi connectivity index (χ1) is 5.66. The smallest absolute Gasteiger partial charge is 0.169 e. The zero-order chi connectivity index (χ0) is 9.14. The standard InChI is InChI=1S/C9H12FNO/c1-6(11)7-4-3-5-8(12-2)9(7)10/h3-6H,11H2,1-2H3/t6-/m0/s1. The van der Waals surface area contributed by atoms with E-state index >= 15 is 0 Å². The summed E-state index contributed by atoms with van der Waals surface area (Å²) in [6.45, 7) is 1.73. The van der Waals surface area contributed by atoms with Gasteiger partial charge in [-0.05, 0) is 13.0 Å². The summed E-state index contributed by atoms with van der Waals surface area (Å²) in [4.78, 5) is 0. The number of hydrogen-bond donors (Lipinski definition) is 1. The Morgan fingerprint density at radius 2 is 2.17 bits per heavy atom. The molecule has 2 N–H and O–H groups in total. The highest BCUT2D eigenvalue weighted by Gasteiger charge is 2.10. The van der Waals surface area contributed by atoms with Gasteiger partial charge in [0.2, 0.25) is 0 Å². The van der Waals surface area contributed by atoms with Crippen molar-refractivity contribution in [3.63, 3.8) is 0 Å². The third kappa shape index (κ3) is 1.56. The largest absolute Gasteiger partial charge is 0.494 e. The Balaban J connectivity index is 3.14. The molecule has 0 amide bonds. The molecule has 3 heteroatoms. The van der Waals surface area contributed by atoms with Crippen LogP contribution in [0.3, 0.4) is 0 Å². The number of rotatable bonds is 2. The van der Waals surface area contributed by atoms with Crippen LogP contribution >= 0.6 is 0 Å². The van der Waals surface area contributed by atoms with Crippen molar-refractivity contribution >= 4 is 0 Å². The van der Waals surface area contributed by atoms with E-state index in [0.717, 1.165) is 0 Å². The van der Waals surface area contributed by atoms with Gasteiger partial charge in [0.1, 0.15) is 0 Å². The normalized spacial score (nSPS) is 12.7. The van der Waals surface area contributed by atoms with Crippen LogP contribution in [0.15, 0.2) is 18.2 Å². The lowest BCUT2D eigenvalue weighted by atomic mass is 10.1. The van der Waals surface area contributed by atoms with Crippen LogP contribution in [-0.4, -0.2) is 7.11 Å². The van der Waals surface area contributed by atoms with Crippen molar-refractivity contribution in [2.75, 3.05) is 7.11 Å². The third-order valence-electron chi connectivity index (χ3n) is 1.70. The molecule has 0 aromatic heterocycles. The summed E-state index contributed by atoms with van der Waals surface area (Å²) >= 11 is 0. The lowest BCUT2D eigenvalue weighted by Gasteiger charge is -2.09. The van der Waals surface area contributed by atoms with Gasteiger partial charge in [0.05, 0.1) is 7.11 Å². The second kappa shape index (κ2) is 3.54. The Kier molecular flexibility index (Phi) is 2.65. The van der Waals surface area contributed by atoms with Gasteiger partial charge in [-0.15, -0.1) is 0 Å². The van der Waals surface area contributed by atoms with Crippen LogP contribution in [0.2, 0.25) is 0 Å². The van der Waals surface area contributed by atoms with E-state index in [9.17, 15) is 4.39 Å². The Labute approximate surface area is 71.1 Å². The summed E-state index contributed by atoms with van der Waals surface area (Å²) in [6.07, 6.45) is 0. The predicted octanol–water partition coefficient (Wildman–Crippen LogP) is 1.85. The SMILES string of the molecule is COc1cccc([C@H](C)N)c1F. The monoisotopic (exact) mass is 169 g/mol. The number of halogens is 1. The minimum atomic E-state index is -0.366. The van der Waals surface area contributed by atoms with Gasteiger partial charge in [-0.2, -0.15) is 0 Å². The first-order valence-electron chi connectivity index (χ1n) is 3.74. The van der Waals surface area contributed by atoms with Gasteiger partial charge < -0.3 is 10.5 Å². The fraction of sp³-hybridized carbons (Fsp3) is 0.333.